The molecule has 1 aromatic carbocycles. The van der Waals surface area contributed by atoms with Crippen molar-refractivity contribution in [3.8, 4) is 11.1 Å². The molecular weight excluding hydrogens is 361 g/mol. The Morgan fingerprint density at radius 3 is 2.76 bits per heavy atom. The molecule has 4 N–H and O–H groups in total. The predicted octanol–water partition coefficient (Wildman–Crippen LogP) is 2.64. The van der Waals surface area contributed by atoms with Gasteiger partial charge in [-0.15, -0.1) is 0 Å². The van der Waals surface area contributed by atoms with Crippen molar-refractivity contribution in [1.82, 2.24) is 9.97 Å². The van der Waals surface area contributed by atoms with E-state index in [-0.39, 0.29) is 5.69 Å². The molecule has 8 heteroatoms. The van der Waals surface area contributed by atoms with Gasteiger partial charge in [0, 0.05) is 24.2 Å². The summed E-state index contributed by atoms with van der Waals surface area (Å²) in [7, 11) is 0. The SMILES string of the molecule is Cc1nc(N2CCC(CN)C2)nc(C(N)=O)c1-c1cccc(Cl)c1Cl. The van der Waals surface area contributed by atoms with E-state index in [0.29, 0.717) is 45.3 Å². The van der Waals surface area contributed by atoms with Crippen LogP contribution in [0.2, 0.25) is 10.0 Å². The molecule has 1 saturated heterocycles. The second kappa shape index (κ2) is 7.15. The third-order valence-electron chi connectivity index (χ3n) is 4.43. The molecule has 1 aromatic heterocycles. The Balaban J connectivity index is 2.11. The first-order valence-corrected chi connectivity index (χ1v) is 8.75. The zero-order chi connectivity index (χ0) is 18.1. The summed E-state index contributed by atoms with van der Waals surface area (Å²) < 4.78 is 0. The number of aryl methyl sites for hydroxylation is 1. The molecule has 25 heavy (non-hydrogen) atoms. The number of primary amides is 1. The van der Waals surface area contributed by atoms with Gasteiger partial charge in [0.25, 0.3) is 5.91 Å². The fraction of sp³-hybridized carbons (Fsp3) is 0.353. The van der Waals surface area contributed by atoms with E-state index < -0.39 is 5.91 Å². The number of aromatic nitrogens is 2. The molecular formula is C17H19Cl2N5O. The Bertz CT molecular complexity index is 827. The van der Waals surface area contributed by atoms with E-state index in [1.807, 2.05) is 4.90 Å². The van der Waals surface area contributed by atoms with Crippen LogP contribution in [0.1, 0.15) is 22.6 Å². The van der Waals surface area contributed by atoms with Crippen LogP contribution in [-0.2, 0) is 0 Å². The minimum Gasteiger partial charge on any atom is -0.364 e. The number of carbonyl (C=O) groups is 1. The average Bonchev–Trinajstić information content (AvgIpc) is 3.06. The van der Waals surface area contributed by atoms with E-state index in [4.69, 9.17) is 34.7 Å². The van der Waals surface area contributed by atoms with Crippen molar-refractivity contribution in [2.45, 2.75) is 13.3 Å². The van der Waals surface area contributed by atoms with Crippen molar-refractivity contribution in [2.75, 3.05) is 24.5 Å². The second-order valence-electron chi connectivity index (χ2n) is 6.13. The summed E-state index contributed by atoms with van der Waals surface area (Å²) in [4.78, 5) is 23.1. The lowest BCUT2D eigenvalue weighted by Crippen LogP contribution is -2.26. The van der Waals surface area contributed by atoms with E-state index in [9.17, 15) is 4.79 Å². The minimum atomic E-state index is -0.632. The summed E-state index contributed by atoms with van der Waals surface area (Å²) in [5.74, 6) is 0.263. The van der Waals surface area contributed by atoms with Crippen LogP contribution < -0.4 is 16.4 Å². The van der Waals surface area contributed by atoms with Crippen LogP contribution in [0.15, 0.2) is 18.2 Å². The van der Waals surface area contributed by atoms with Crippen molar-refractivity contribution in [3.05, 3.63) is 39.6 Å². The molecule has 0 bridgehead atoms. The second-order valence-corrected chi connectivity index (χ2v) is 6.92. The summed E-state index contributed by atoms with van der Waals surface area (Å²) >= 11 is 12.4. The van der Waals surface area contributed by atoms with Gasteiger partial charge in [-0.1, -0.05) is 35.3 Å². The number of rotatable bonds is 4. The van der Waals surface area contributed by atoms with Crippen molar-refractivity contribution in [1.29, 1.82) is 0 Å². The van der Waals surface area contributed by atoms with E-state index in [1.165, 1.54) is 0 Å². The van der Waals surface area contributed by atoms with Gasteiger partial charge < -0.3 is 16.4 Å². The molecule has 1 fully saturated rings. The van der Waals surface area contributed by atoms with Gasteiger partial charge >= 0.3 is 0 Å². The van der Waals surface area contributed by atoms with Crippen LogP contribution in [0.25, 0.3) is 11.1 Å². The Morgan fingerprint density at radius 1 is 1.36 bits per heavy atom. The van der Waals surface area contributed by atoms with E-state index in [2.05, 4.69) is 9.97 Å². The number of nitrogens with two attached hydrogens (primary N) is 2. The summed E-state index contributed by atoms with van der Waals surface area (Å²) in [6, 6.07) is 5.21. The van der Waals surface area contributed by atoms with Gasteiger partial charge in [-0.2, -0.15) is 0 Å². The number of nitrogens with zero attached hydrogens (tertiary/aromatic N) is 3. The molecule has 2 aromatic rings. The van der Waals surface area contributed by atoms with Crippen molar-refractivity contribution in [2.24, 2.45) is 17.4 Å². The third kappa shape index (κ3) is 3.42. The molecule has 3 rings (SSSR count). The van der Waals surface area contributed by atoms with Crippen LogP contribution in [0, 0.1) is 12.8 Å². The smallest absolute Gasteiger partial charge is 0.268 e. The number of amides is 1. The maximum Gasteiger partial charge on any atom is 0.268 e. The van der Waals surface area contributed by atoms with Gasteiger partial charge in [-0.3, -0.25) is 4.79 Å². The zero-order valence-corrected chi connectivity index (χ0v) is 15.3. The van der Waals surface area contributed by atoms with Crippen LogP contribution in [0.4, 0.5) is 5.95 Å². The highest BCUT2D eigenvalue weighted by molar-refractivity contribution is 6.43. The van der Waals surface area contributed by atoms with Crippen molar-refractivity contribution < 1.29 is 4.79 Å². The maximum absolute atomic E-state index is 12.0. The molecule has 1 amide bonds. The largest absolute Gasteiger partial charge is 0.364 e. The van der Waals surface area contributed by atoms with Crippen LogP contribution in [0.3, 0.4) is 0 Å². The first kappa shape index (κ1) is 17.9. The van der Waals surface area contributed by atoms with Crippen LogP contribution in [-0.4, -0.2) is 35.5 Å². The molecule has 1 aliphatic rings. The molecule has 6 nitrogen and oxygen atoms in total. The lowest BCUT2D eigenvalue weighted by Gasteiger charge is -2.19. The monoisotopic (exact) mass is 379 g/mol. The Kier molecular flexibility index (Phi) is 5.13. The lowest BCUT2D eigenvalue weighted by molar-refractivity contribution is 0.0996. The van der Waals surface area contributed by atoms with Gasteiger partial charge in [0.2, 0.25) is 5.95 Å². The van der Waals surface area contributed by atoms with E-state index in [0.717, 1.165) is 19.5 Å². The molecule has 0 spiro atoms. The Hall–Kier alpha value is -1.89. The standard InChI is InChI=1S/C17H19Cl2N5O/c1-9-13(11-3-2-4-12(18)14(11)19)15(16(21)25)23-17(22-9)24-6-5-10(7-20)8-24/h2-4,10H,5-8,20H2,1H3,(H2,21,25). The average molecular weight is 380 g/mol. The quantitative estimate of drug-likeness (QED) is 0.850. The number of anilines is 1. The van der Waals surface area contributed by atoms with Gasteiger partial charge in [0.1, 0.15) is 5.69 Å². The highest BCUT2D eigenvalue weighted by Crippen LogP contribution is 2.37. The van der Waals surface area contributed by atoms with Crippen LogP contribution >= 0.6 is 23.2 Å². The summed E-state index contributed by atoms with van der Waals surface area (Å²) in [5, 5.41) is 0.735. The van der Waals surface area contributed by atoms with Gasteiger partial charge in [0.05, 0.1) is 15.7 Å². The lowest BCUT2D eigenvalue weighted by atomic mass is 10.0. The maximum atomic E-state index is 12.0. The number of hydrogen-bond acceptors (Lipinski definition) is 5. The molecule has 1 atom stereocenters. The third-order valence-corrected chi connectivity index (χ3v) is 5.25. The highest BCUT2D eigenvalue weighted by Gasteiger charge is 2.26. The topological polar surface area (TPSA) is 98.1 Å². The normalized spacial score (nSPS) is 17.1. The summed E-state index contributed by atoms with van der Waals surface area (Å²) in [5.41, 5.74) is 13.2. The number of carbonyl (C=O) groups excluding carboxylic acids is 1. The molecule has 1 unspecified atom stereocenters. The Morgan fingerprint density at radius 2 is 2.12 bits per heavy atom. The molecule has 1 aliphatic heterocycles. The molecule has 2 heterocycles. The minimum absolute atomic E-state index is 0.142. The predicted molar refractivity (Wildman–Crippen MR) is 100 cm³/mol. The van der Waals surface area contributed by atoms with E-state index >= 15 is 0 Å². The molecule has 0 radical (unpaired) electrons. The van der Waals surface area contributed by atoms with Crippen LogP contribution in [0.5, 0.6) is 0 Å². The van der Waals surface area contributed by atoms with Crippen molar-refractivity contribution >= 4 is 35.1 Å². The number of hydrogen-bond donors (Lipinski definition) is 2. The number of benzene rings is 1. The summed E-state index contributed by atoms with van der Waals surface area (Å²) in [6.45, 7) is 4.00. The van der Waals surface area contributed by atoms with E-state index in [1.54, 1.807) is 25.1 Å². The molecule has 0 aliphatic carbocycles. The first-order valence-electron chi connectivity index (χ1n) is 8.00. The van der Waals surface area contributed by atoms with Crippen molar-refractivity contribution in [3.63, 3.8) is 0 Å². The van der Waals surface area contributed by atoms with Gasteiger partial charge in [0.15, 0.2) is 0 Å². The fourth-order valence-electron chi connectivity index (χ4n) is 3.10. The van der Waals surface area contributed by atoms with Gasteiger partial charge in [-0.25, -0.2) is 9.97 Å². The summed E-state index contributed by atoms with van der Waals surface area (Å²) in [6.07, 6.45) is 0.979. The Labute approximate surface area is 156 Å². The fourth-order valence-corrected chi connectivity index (χ4v) is 3.50. The number of halogens is 2. The first-order chi connectivity index (χ1) is 11.9. The zero-order valence-electron chi connectivity index (χ0n) is 13.8. The molecule has 0 saturated carbocycles. The van der Waals surface area contributed by atoms with Gasteiger partial charge in [-0.05, 0) is 31.9 Å². The highest BCUT2D eigenvalue weighted by atomic mass is 35.5. The molecule has 132 valence electrons.